The van der Waals surface area contributed by atoms with Crippen molar-refractivity contribution in [1.29, 1.82) is 0 Å². The molecule has 1 saturated carbocycles. The van der Waals surface area contributed by atoms with Crippen LogP contribution >= 0.6 is 23.4 Å². The maximum Gasteiger partial charge on any atom is 0.143 e. The monoisotopic (exact) mass is 421 g/mol. The average molecular weight is 422 g/mol. The Kier molecular flexibility index (Phi) is 7.34. The first-order valence-corrected chi connectivity index (χ1v) is 10.7. The minimum atomic E-state index is 0.210. The van der Waals surface area contributed by atoms with Crippen molar-refractivity contribution in [2.24, 2.45) is 21.1 Å². The smallest absolute Gasteiger partial charge is 0.143 e. The van der Waals surface area contributed by atoms with Crippen LogP contribution in [0.5, 0.6) is 0 Å². The second kappa shape index (κ2) is 9.73. The molecule has 1 aliphatic heterocycles. The third kappa shape index (κ3) is 5.47. The molecule has 0 aromatic carbocycles. The van der Waals surface area contributed by atoms with Crippen molar-refractivity contribution in [2.75, 3.05) is 25.5 Å². The SMILES string of the molecule is C=C(N=CC(=NCN)NC1CCC2(CCNC2)CC1)Sc1ccnc(N)c1Cl. The summed E-state index contributed by atoms with van der Waals surface area (Å²) >= 11 is 7.51. The molecule has 1 aliphatic carbocycles. The number of nitrogens with two attached hydrogens (primary N) is 2. The van der Waals surface area contributed by atoms with Gasteiger partial charge in [0.25, 0.3) is 0 Å². The summed E-state index contributed by atoms with van der Waals surface area (Å²) in [7, 11) is 0. The lowest BCUT2D eigenvalue weighted by Crippen LogP contribution is -2.42. The molecule has 152 valence electrons. The van der Waals surface area contributed by atoms with Crippen molar-refractivity contribution in [3.8, 4) is 0 Å². The number of nitrogens with one attached hydrogen (secondary N) is 2. The topological polar surface area (TPSA) is 114 Å². The molecule has 3 rings (SSSR count). The van der Waals surface area contributed by atoms with Gasteiger partial charge in [-0.25, -0.2) is 9.98 Å². The molecule has 0 bridgehead atoms. The highest BCUT2D eigenvalue weighted by atomic mass is 35.5. The van der Waals surface area contributed by atoms with Crippen LogP contribution in [0.15, 0.2) is 38.8 Å². The van der Waals surface area contributed by atoms with Gasteiger partial charge in [0.2, 0.25) is 0 Å². The first-order chi connectivity index (χ1) is 13.5. The van der Waals surface area contributed by atoms with Crippen LogP contribution in [-0.2, 0) is 0 Å². The van der Waals surface area contributed by atoms with Gasteiger partial charge in [0.05, 0.1) is 22.9 Å². The molecule has 0 amide bonds. The first kappa shape index (κ1) is 21.1. The summed E-state index contributed by atoms with van der Waals surface area (Å²) in [5.41, 5.74) is 11.9. The molecule has 0 unspecified atom stereocenters. The third-order valence-electron chi connectivity index (χ3n) is 5.43. The second-order valence-electron chi connectivity index (χ2n) is 7.33. The summed E-state index contributed by atoms with van der Waals surface area (Å²) in [5.74, 6) is 0.984. The lowest BCUT2D eigenvalue weighted by molar-refractivity contribution is 0.193. The summed E-state index contributed by atoms with van der Waals surface area (Å²) in [6, 6.07) is 2.19. The zero-order chi connectivity index (χ0) is 20.0. The fourth-order valence-electron chi connectivity index (χ4n) is 3.83. The van der Waals surface area contributed by atoms with E-state index >= 15 is 0 Å². The molecule has 1 saturated heterocycles. The quantitative estimate of drug-likeness (QED) is 0.319. The normalized spacial score (nSPS) is 25.5. The Morgan fingerprint density at radius 1 is 1.46 bits per heavy atom. The zero-order valence-corrected chi connectivity index (χ0v) is 17.5. The van der Waals surface area contributed by atoms with Gasteiger partial charge >= 0.3 is 0 Å². The van der Waals surface area contributed by atoms with E-state index in [2.05, 4.69) is 32.2 Å². The van der Waals surface area contributed by atoms with Gasteiger partial charge in [-0.2, -0.15) is 0 Å². The molecule has 1 aromatic rings. The van der Waals surface area contributed by atoms with Crippen LogP contribution in [0.25, 0.3) is 0 Å². The van der Waals surface area contributed by atoms with Crippen molar-refractivity contribution in [3.05, 3.63) is 28.9 Å². The van der Waals surface area contributed by atoms with Crippen LogP contribution in [0.1, 0.15) is 32.1 Å². The number of thioether (sulfide) groups is 1. The molecule has 2 aliphatic rings. The van der Waals surface area contributed by atoms with Crippen LogP contribution < -0.4 is 22.1 Å². The van der Waals surface area contributed by atoms with Gasteiger partial charge in [-0.1, -0.05) is 29.9 Å². The average Bonchev–Trinajstić information content (AvgIpc) is 3.14. The van der Waals surface area contributed by atoms with Crippen molar-refractivity contribution < 1.29 is 0 Å². The van der Waals surface area contributed by atoms with Gasteiger partial charge < -0.3 is 22.1 Å². The maximum atomic E-state index is 6.17. The summed E-state index contributed by atoms with van der Waals surface area (Å²) in [6.45, 7) is 6.49. The highest BCUT2D eigenvalue weighted by Gasteiger charge is 2.37. The number of rotatable bonds is 6. The van der Waals surface area contributed by atoms with E-state index in [0.29, 0.717) is 33.2 Å². The van der Waals surface area contributed by atoms with Gasteiger partial charge in [0, 0.05) is 23.7 Å². The number of aliphatic imine (C=N–C) groups is 2. The Labute approximate surface area is 175 Å². The largest absolute Gasteiger partial charge is 0.382 e. The Morgan fingerprint density at radius 3 is 2.93 bits per heavy atom. The summed E-state index contributed by atoms with van der Waals surface area (Å²) < 4.78 is 0. The van der Waals surface area contributed by atoms with E-state index in [4.69, 9.17) is 23.1 Å². The maximum absolute atomic E-state index is 6.17. The molecule has 7 nitrogen and oxygen atoms in total. The van der Waals surface area contributed by atoms with Crippen LogP contribution in [0.2, 0.25) is 5.02 Å². The molecular formula is C19H28ClN7S. The summed E-state index contributed by atoms with van der Waals surface area (Å²) in [6.07, 6.45) is 9.36. The van der Waals surface area contributed by atoms with Gasteiger partial charge in [0.1, 0.15) is 11.7 Å². The molecule has 0 atom stereocenters. The van der Waals surface area contributed by atoms with Crippen molar-refractivity contribution in [1.82, 2.24) is 15.6 Å². The molecule has 1 spiro atoms. The molecule has 2 fully saturated rings. The molecule has 9 heteroatoms. The number of hydrogen-bond donors (Lipinski definition) is 4. The van der Waals surface area contributed by atoms with Crippen LogP contribution in [-0.4, -0.2) is 42.8 Å². The first-order valence-electron chi connectivity index (χ1n) is 9.54. The highest BCUT2D eigenvalue weighted by Crippen LogP contribution is 2.41. The van der Waals surface area contributed by atoms with Crippen LogP contribution in [0, 0.1) is 5.41 Å². The summed E-state index contributed by atoms with van der Waals surface area (Å²) in [4.78, 5) is 13.5. The lowest BCUT2D eigenvalue weighted by Gasteiger charge is -2.37. The van der Waals surface area contributed by atoms with E-state index in [1.807, 2.05) is 0 Å². The van der Waals surface area contributed by atoms with E-state index < -0.39 is 0 Å². The minimum Gasteiger partial charge on any atom is -0.382 e. The zero-order valence-electron chi connectivity index (χ0n) is 16.0. The number of nitrogens with zero attached hydrogens (tertiary/aromatic N) is 3. The predicted molar refractivity (Wildman–Crippen MR) is 119 cm³/mol. The number of nitrogen functional groups attached to an aromatic ring is 1. The molecular weight excluding hydrogens is 394 g/mol. The van der Waals surface area contributed by atoms with Crippen molar-refractivity contribution >= 4 is 41.2 Å². The van der Waals surface area contributed by atoms with E-state index in [1.165, 1.54) is 31.0 Å². The van der Waals surface area contributed by atoms with Crippen molar-refractivity contribution in [2.45, 2.75) is 43.0 Å². The Hall–Kier alpha value is -1.61. The number of amidine groups is 1. The van der Waals surface area contributed by atoms with Gasteiger partial charge in [-0.3, -0.25) is 4.99 Å². The molecule has 28 heavy (non-hydrogen) atoms. The van der Waals surface area contributed by atoms with E-state index in [0.717, 1.165) is 30.8 Å². The van der Waals surface area contributed by atoms with E-state index in [-0.39, 0.29) is 6.67 Å². The number of aromatic nitrogens is 1. The van der Waals surface area contributed by atoms with Gasteiger partial charge in [-0.05, 0) is 50.1 Å². The van der Waals surface area contributed by atoms with E-state index in [1.54, 1.807) is 18.5 Å². The minimum absolute atomic E-state index is 0.210. The highest BCUT2D eigenvalue weighted by molar-refractivity contribution is 8.03. The number of pyridine rings is 1. The fraction of sp³-hybridized carbons (Fsp3) is 0.526. The second-order valence-corrected chi connectivity index (χ2v) is 8.83. The lowest BCUT2D eigenvalue weighted by atomic mass is 9.72. The van der Waals surface area contributed by atoms with Crippen LogP contribution in [0.4, 0.5) is 5.82 Å². The standard InChI is InChI=1S/C19H28ClN7S/c1-13(28-15-4-8-24-18(22)17(15)20)25-10-16(26-12-21)27-14-2-5-19(6-3-14)7-9-23-11-19/h4,8,10,14,23H,1-3,5-7,9,11-12,21H2,(H2,22,24)(H,26,27). The van der Waals surface area contributed by atoms with Crippen LogP contribution in [0.3, 0.4) is 0 Å². The molecule has 1 aromatic heterocycles. The molecule has 0 radical (unpaired) electrons. The Morgan fingerprint density at radius 2 is 2.25 bits per heavy atom. The number of halogens is 1. The molecule has 2 heterocycles. The molecule has 6 N–H and O–H groups in total. The Bertz CT molecular complexity index is 749. The predicted octanol–water partition coefficient (Wildman–Crippen LogP) is 2.78. The Balaban J connectivity index is 1.54. The van der Waals surface area contributed by atoms with Gasteiger partial charge in [0.15, 0.2) is 0 Å². The van der Waals surface area contributed by atoms with E-state index in [9.17, 15) is 0 Å². The summed E-state index contributed by atoms with van der Waals surface area (Å²) in [5, 5.41) is 8.00. The number of anilines is 1. The third-order valence-corrected chi connectivity index (χ3v) is 6.84. The number of hydrogen-bond acceptors (Lipinski definition) is 7. The fourth-order valence-corrected chi connectivity index (χ4v) is 4.74. The van der Waals surface area contributed by atoms with Crippen molar-refractivity contribution in [3.63, 3.8) is 0 Å². The van der Waals surface area contributed by atoms with Gasteiger partial charge in [-0.15, -0.1) is 0 Å².